The number of hydrogen-bond donors (Lipinski definition) is 6. The van der Waals surface area contributed by atoms with Crippen molar-refractivity contribution in [3.8, 4) is 0 Å². The van der Waals surface area contributed by atoms with Gasteiger partial charge in [-0.1, -0.05) is 84.0 Å². The minimum absolute atomic E-state index is 0.0526. The molecule has 18 nitrogen and oxygen atoms in total. The lowest BCUT2D eigenvalue weighted by Crippen LogP contribution is -2.54. The molecule has 0 aromatic carbocycles. The van der Waals surface area contributed by atoms with Crippen LogP contribution in [0.15, 0.2) is 33.7 Å². The van der Waals surface area contributed by atoms with Crippen molar-refractivity contribution in [3.05, 3.63) is 44.9 Å². The molecule has 0 aliphatic carbocycles. The fourth-order valence-electron chi connectivity index (χ4n) is 7.53. The lowest BCUT2D eigenvalue weighted by atomic mass is 10.0. The van der Waals surface area contributed by atoms with Crippen molar-refractivity contribution in [2.45, 2.75) is 184 Å². The summed E-state index contributed by atoms with van der Waals surface area (Å²) in [5.74, 6) is -3.55. The molecule has 3 amide bonds. The van der Waals surface area contributed by atoms with Crippen LogP contribution < -0.4 is 27.6 Å². The van der Waals surface area contributed by atoms with E-state index >= 15 is 0 Å². The molecule has 2 saturated heterocycles. The summed E-state index contributed by atoms with van der Waals surface area (Å²) in [5, 5.41) is 26.8. The molecule has 3 aliphatic heterocycles. The number of H-pyrrole nitrogens is 1. The van der Waals surface area contributed by atoms with Gasteiger partial charge >= 0.3 is 11.7 Å². The maximum atomic E-state index is 13.2. The Morgan fingerprint density at radius 3 is 2.21 bits per heavy atom. The zero-order valence-corrected chi connectivity index (χ0v) is 33.9. The van der Waals surface area contributed by atoms with Gasteiger partial charge in [-0.25, -0.2) is 4.79 Å². The third-order valence-electron chi connectivity index (χ3n) is 10.8. The number of unbranched alkanes of at least 4 members (excludes halogenated alkanes) is 12. The van der Waals surface area contributed by atoms with Gasteiger partial charge in [0.25, 0.3) is 11.5 Å². The van der Waals surface area contributed by atoms with Crippen LogP contribution in [-0.4, -0.2) is 106 Å². The fourth-order valence-corrected chi connectivity index (χ4v) is 7.53. The monoisotopic (exact) mass is 821 g/mol. The first-order valence-electron chi connectivity index (χ1n) is 20.8. The van der Waals surface area contributed by atoms with Crippen LogP contribution in [0.25, 0.3) is 0 Å². The van der Waals surface area contributed by atoms with Crippen LogP contribution in [0.1, 0.15) is 129 Å². The number of amides is 3. The van der Waals surface area contributed by atoms with E-state index in [4.69, 9.17) is 29.4 Å². The number of aromatic amines is 1. The molecule has 3 aliphatic rings. The summed E-state index contributed by atoms with van der Waals surface area (Å²) >= 11 is 0. The van der Waals surface area contributed by atoms with Crippen molar-refractivity contribution >= 4 is 23.7 Å². The van der Waals surface area contributed by atoms with Crippen LogP contribution in [0.2, 0.25) is 0 Å². The van der Waals surface area contributed by atoms with E-state index < -0.39 is 95.9 Å². The van der Waals surface area contributed by atoms with E-state index in [9.17, 15) is 39.0 Å². The number of nitrogens with two attached hydrogens (primary N) is 1. The second-order valence-corrected chi connectivity index (χ2v) is 15.5. The van der Waals surface area contributed by atoms with E-state index in [0.717, 1.165) is 55.0 Å². The quantitative estimate of drug-likeness (QED) is 0.0681. The number of aliphatic hydroxyl groups excluding tert-OH is 2. The van der Waals surface area contributed by atoms with Crippen LogP contribution in [0, 0.1) is 0 Å². The average molecular weight is 822 g/mol. The number of carbonyl (C=O) groups excluding carboxylic acids is 4. The normalized spacial score (nSPS) is 27.8. The number of methoxy groups -OCH3 is 1. The van der Waals surface area contributed by atoms with Gasteiger partial charge in [-0.05, 0) is 38.7 Å². The van der Waals surface area contributed by atoms with Crippen molar-refractivity contribution < 1.29 is 53.1 Å². The summed E-state index contributed by atoms with van der Waals surface area (Å²) in [6.45, 7) is 4.06. The number of primary amides is 1. The number of aromatic nitrogens is 2. The number of esters is 1. The van der Waals surface area contributed by atoms with Crippen molar-refractivity contribution in [3.63, 3.8) is 0 Å². The van der Waals surface area contributed by atoms with E-state index in [0.29, 0.717) is 19.3 Å². The highest BCUT2D eigenvalue weighted by Gasteiger charge is 2.54. The Labute approximate surface area is 338 Å². The average Bonchev–Trinajstić information content (AvgIpc) is 3.44. The zero-order chi connectivity index (χ0) is 42.2. The third-order valence-corrected chi connectivity index (χ3v) is 10.8. The van der Waals surface area contributed by atoms with E-state index in [2.05, 4.69) is 22.5 Å². The first-order chi connectivity index (χ1) is 27.8. The molecule has 4 heterocycles. The molecule has 1 aromatic rings. The van der Waals surface area contributed by atoms with E-state index in [1.807, 2.05) is 6.92 Å². The van der Waals surface area contributed by atoms with Crippen molar-refractivity contribution in [2.24, 2.45) is 5.73 Å². The minimum atomic E-state index is -1.88. The predicted molar refractivity (Wildman–Crippen MR) is 209 cm³/mol. The standard InChI is InChI=1S/C40H63N5O13/c1-4-5-6-7-8-9-10-11-12-13-14-15-16-20-29(48)56-34-31(54-3)32(57-38(34)45-22-21-28(47)44-40(45)53)33(35(41)50)58-39-30(49)26(46)23-27(55-39)37(52)43-25-19-17-18-24(2)42-36(25)51/h21-26,30-34,38-39,46,49H,4-20H2,1-3H3,(H2,41,50)(H,42,51)(H,43,52)(H,44,47,53)/t24-,25-,26-,30-,31+,32-,33+,34+,38+,39+/m0/s1. The number of carbonyl (C=O) groups is 4. The van der Waals surface area contributed by atoms with Crippen LogP contribution in [0.3, 0.4) is 0 Å². The smallest absolute Gasteiger partial charge is 0.330 e. The number of nitrogens with zero attached hydrogens (tertiary/aromatic N) is 1. The predicted octanol–water partition coefficient (Wildman–Crippen LogP) is 1.85. The first-order valence-corrected chi connectivity index (χ1v) is 20.8. The Morgan fingerprint density at radius 1 is 0.966 bits per heavy atom. The largest absolute Gasteiger partial charge is 0.456 e. The molecule has 2 fully saturated rings. The Kier molecular flexibility index (Phi) is 18.9. The summed E-state index contributed by atoms with van der Waals surface area (Å²) in [4.78, 5) is 79.0. The molecule has 0 bridgehead atoms. The molecular formula is C40H63N5O13. The Balaban J connectivity index is 1.40. The molecule has 7 N–H and O–H groups in total. The van der Waals surface area contributed by atoms with Crippen LogP contribution >= 0.6 is 0 Å². The van der Waals surface area contributed by atoms with Crippen molar-refractivity contribution in [1.82, 2.24) is 20.2 Å². The molecule has 4 rings (SSSR count). The topological polar surface area (TPSA) is 260 Å². The van der Waals surface area contributed by atoms with Crippen LogP contribution in [0.4, 0.5) is 0 Å². The highest BCUT2D eigenvalue weighted by molar-refractivity contribution is 5.95. The number of ether oxygens (including phenoxy) is 5. The molecule has 10 atom stereocenters. The van der Waals surface area contributed by atoms with Gasteiger partial charge in [-0.3, -0.25) is 33.5 Å². The van der Waals surface area contributed by atoms with Gasteiger partial charge in [0.1, 0.15) is 30.5 Å². The van der Waals surface area contributed by atoms with Gasteiger partial charge in [0, 0.05) is 31.8 Å². The van der Waals surface area contributed by atoms with Gasteiger partial charge in [-0.2, -0.15) is 0 Å². The molecule has 0 spiro atoms. The molecule has 326 valence electrons. The molecule has 18 heteroatoms. The summed E-state index contributed by atoms with van der Waals surface area (Å²) in [6, 6.07) is 0.0825. The van der Waals surface area contributed by atoms with Gasteiger partial charge in [0.05, 0.1) is 0 Å². The van der Waals surface area contributed by atoms with Gasteiger partial charge in [0.2, 0.25) is 18.1 Å². The minimum Gasteiger partial charge on any atom is -0.456 e. The van der Waals surface area contributed by atoms with Gasteiger partial charge in [-0.15, -0.1) is 0 Å². The molecule has 0 unspecified atom stereocenters. The zero-order valence-electron chi connectivity index (χ0n) is 33.9. The second-order valence-electron chi connectivity index (χ2n) is 15.5. The van der Waals surface area contributed by atoms with Gasteiger partial charge < -0.3 is 50.3 Å². The van der Waals surface area contributed by atoms with Crippen LogP contribution in [0.5, 0.6) is 0 Å². The summed E-state index contributed by atoms with van der Waals surface area (Å²) < 4.78 is 30.0. The maximum absolute atomic E-state index is 13.2. The number of nitrogens with one attached hydrogen (secondary N) is 3. The number of rotatable bonds is 23. The Bertz CT molecular complexity index is 1650. The van der Waals surface area contributed by atoms with Crippen LogP contribution in [-0.2, 0) is 42.9 Å². The molecular weight excluding hydrogens is 758 g/mol. The number of aliphatic hydroxyl groups is 2. The van der Waals surface area contributed by atoms with E-state index in [1.54, 1.807) is 0 Å². The summed E-state index contributed by atoms with van der Waals surface area (Å²) in [5.41, 5.74) is 4.17. The highest BCUT2D eigenvalue weighted by atomic mass is 16.7. The SMILES string of the molecule is CCCCCCCCCCCCCCCC(=O)O[C@@H]1[C@H](OC)[C@@H]([C@@H](O[C@H]2OC(C(=O)N[C@H]3CCC[C@H](C)NC3=O)=C[C@H](O)[C@@H]2O)C(N)=O)O[C@H]1n1ccc(=O)[nH]c1=O. The Morgan fingerprint density at radius 2 is 1.60 bits per heavy atom. The molecule has 58 heavy (non-hydrogen) atoms. The van der Waals surface area contributed by atoms with Crippen molar-refractivity contribution in [2.75, 3.05) is 7.11 Å². The lowest BCUT2D eigenvalue weighted by molar-refractivity contribution is -0.241. The molecule has 1 aromatic heterocycles. The maximum Gasteiger partial charge on any atom is 0.330 e. The molecule has 0 radical (unpaired) electrons. The lowest BCUT2D eigenvalue weighted by Gasteiger charge is -2.35. The molecule has 0 saturated carbocycles. The third kappa shape index (κ3) is 13.5. The van der Waals surface area contributed by atoms with Gasteiger partial charge in [0.15, 0.2) is 24.2 Å². The number of hydrogen-bond acceptors (Lipinski definition) is 13. The van der Waals surface area contributed by atoms with E-state index in [1.165, 1.54) is 58.5 Å². The summed E-state index contributed by atoms with van der Waals surface area (Å²) in [7, 11) is 1.25. The highest BCUT2D eigenvalue weighted by Crippen LogP contribution is 2.36. The fraction of sp³-hybridized carbons (Fsp3) is 0.750. The Hall–Kier alpha value is -4.10. The second kappa shape index (κ2) is 23.5. The summed E-state index contributed by atoms with van der Waals surface area (Å²) in [6.07, 6.45) is 5.59. The van der Waals surface area contributed by atoms with Crippen molar-refractivity contribution in [1.29, 1.82) is 0 Å². The van der Waals surface area contributed by atoms with E-state index in [-0.39, 0.29) is 12.5 Å². The first kappa shape index (κ1) is 46.6.